The first kappa shape index (κ1) is 19.9. The van der Waals surface area contributed by atoms with E-state index in [0.717, 1.165) is 11.1 Å². The van der Waals surface area contributed by atoms with Crippen LogP contribution in [0.5, 0.6) is 0 Å². The first-order chi connectivity index (χ1) is 13.3. The van der Waals surface area contributed by atoms with Crippen LogP contribution >= 0.6 is 11.6 Å². The topological polar surface area (TPSA) is 75.3 Å². The Morgan fingerprint density at radius 2 is 1.64 bits per heavy atom. The Balaban J connectivity index is 1.90. The lowest BCUT2D eigenvalue weighted by atomic mass is 10.1. The number of anilines is 2. The van der Waals surface area contributed by atoms with Gasteiger partial charge in [0, 0.05) is 11.3 Å². The number of amides is 1. The van der Waals surface area contributed by atoms with Crippen molar-refractivity contribution in [2.45, 2.75) is 18.7 Å². The lowest BCUT2D eigenvalue weighted by Gasteiger charge is -2.13. The van der Waals surface area contributed by atoms with Gasteiger partial charge in [-0.3, -0.25) is 9.52 Å². The summed E-state index contributed by atoms with van der Waals surface area (Å²) in [4.78, 5) is 12.3. The van der Waals surface area contributed by atoms with Gasteiger partial charge in [0.1, 0.15) is 4.90 Å². The van der Waals surface area contributed by atoms with E-state index in [4.69, 9.17) is 11.6 Å². The largest absolute Gasteiger partial charge is 0.322 e. The molecule has 0 bridgehead atoms. The molecule has 0 spiro atoms. The Morgan fingerprint density at radius 1 is 0.929 bits per heavy atom. The van der Waals surface area contributed by atoms with E-state index in [2.05, 4.69) is 10.0 Å². The van der Waals surface area contributed by atoms with E-state index in [1.807, 2.05) is 32.0 Å². The molecule has 0 heterocycles. The van der Waals surface area contributed by atoms with Crippen molar-refractivity contribution < 1.29 is 13.2 Å². The number of halogens is 1. The molecule has 0 aromatic heterocycles. The summed E-state index contributed by atoms with van der Waals surface area (Å²) in [7, 11) is -3.97. The number of carbonyl (C=O) groups is 1. The molecule has 0 unspecified atom stereocenters. The molecule has 7 heteroatoms. The van der Waals surface area contributed by atoms with E-state index in [-0.39, 0.29) is 15.5 Å². The van der Waals surface area contributed by atoms with Gasteiger partial charge >= 0.3 is 0 Å². The molecule has 3 aromatic carbocycles. The smallest absolute Gasteiger partial charge is 0.263 e. The molecule has 0 atom stereocenters. The molecule has 0 saturated heterocycles. The lowest BCUT2D eigenvalue weighted by Crippen LogP contribution is -2.17. The SMILES string of the molecule is Cc1ccc(NS(=O)(=O)c2cc(C(=O)Nc3ccccc3)ccc2Cl)c(C)c1. The van der Waals surface area contributed by atoms with Crippen LogP contribution in [-0.2, 0) is 10.0 Å². The van der Waals surface area contributed by atoms with E-state index < -0.39 is 15.9 Å². The lowest BCUT2D eigenvalue weighted by molar-refractivity contribution is 0.102. The fourth-order valence-corrected chi connectivity index (χ4v) is 4.36. The highest BCUT2D eigenvalue weighted by Gasteiger charge is 2.21. The number of carbonyl (C=O) groups excluding carboxylic acids is 1. The van der Waals surface area contributed by atoms with Crippen LogP contribution in [0.3, 0.4) is 0 Å². The second kappa shape index (κ2) is 8.04. The first-order valence-electron chi connectivity index (χ1n) is 8.52. The zero-order chi connectivity index (χ0) is 20.3. The number of para-hydroxylation sites is 1. The van der Waals surface area contributed by atoms with Crippen molar-refractivity contribution in [3.8, 4) is 0 Å². The summed E-state index contributed by atoms with van der Waals surface area (Å²) < 4.78 is 28.3. The molecular formula is C21H19ClN2O3S. The van der Waals surface area contributed by atoms with Crippen LogP contribution in [0.4, 0.5) is 11.4 Å². The molecule has 3 rings (SSSR count). The third-order valence-electron chi connectivity index (χ3n) is 4.14. The molecule has 2 N–H and O–H groups in total. The van der Waals surface area contributed by atoms with Crippen LogP contribution < -0.4 is 10.0 Å². The maximum atomic E-state index is 12.9. The van der Waals surface area contributed by atoms with Crippen LogP contribution in [0.15, 0.2) is 71.6 Å². The Bertz CT molecular complexity index is 1130. The molecule has 3 aromatic rings. The number of rotatable bonds is 5. The molecule has 0 radical (unpaired) electrons. The summed E-state index contributed by atoms with van der Waals surface area (Å²) in [5.74, 6) is -0.425. The first-order valence-corrected chi connectivity index (χ1v) is 10.4. The van der Waals surface area contributed by atoms with Gasteiger partial charge in [-0.1, -0.05) is 47.5 Å². The number of benzene rings is 3. The molecule has 5 nitrogen and oxygen atoms in total. The third-order valence-corrected chi connectivity index (χ3v) is 5.99. The Kier molecular flexibility index (Phi) is 5.72. The minimum Gasteiger partial charge on any atom is -0.322 e. The standard InChI is InChI=1S/C21H19ClN2O3S/c1-14-8-11-19(15(2)12-14)24-28(26,27)20-13-16(9-10-18(20)22)21(25)23-17-6-4-3-5-7-17/h3-13,24H,1-2H3,(H,23,25). The molecule has 0 fully saturated rings. The normalized spacial score (nSPS) is 11.1. The van der Waals surface area contributed by atoms with Crippen molar-refractivity contribution >= 4 is 38.9 Å². The minimum absolute atomic E-state index is 0.0357. The number of hydrogen-bond acceptors (Lipinski definition) is 3. The molecule has 1 amide bonds. The van der Waals surface area contributed by atoms with Crippen molar-refractivity contribution in [3.63, 3.8) is 0 Å². The molecule has 0 aliphatic rings. The van der Waals surface area contributed by atoms with Crippen LogP contribution in [0.1, 0.15) is 21.5 Å². The molecular weight excluding hydrogens is 396 g/mol. The van der Waals surface area contributed by atoms with Crippen LogP contribution in [0.25, 0.3) is 0 Å². The van der Waals surface area contributed by atoms with Gasteiger partial charge in [0.05, 0.1) is 10.7 Å². The Hall–Kier alpha value is -2.83. The number of aryl methyl sites for hydroxylation is 2. The summed E-state index contributed by atoms with van der Waals surface area (Å²) in [6.45, 7) is 3.74. The van der Waals surface area contributed by atoms with Gasteiger partial charge in [-0.05, 0) is 55.8 Å². The second-order valence-corrected chi connectivity index (χ2v) is 8.45. The van der Waals surface area contributed by atoms with Gasteiger partial charge in [-0.2, -0.15) is 0 Å². The van der Waals surface area contributed by atoms with Crippen molar-refractivity contribution in [2.75, 3.05) is 10.0 Å². The molecule has 0 aliphatic carbocycles. The monoisotopic (exact) mass is 414 g/mol. The van der Waals surface area contributed by atoms with Crippen molar-refractivity contribution in [1.29, 1.82) is 0 Å². The molecule has 28 heavy (non-hydrogen) atoms. The van der Waals surface area contributed by atoms with E-state index in [0.29, 0.717) is 11.4 Å². The van der Waals surface area contributed by atoms with Gasteiger partial charge in [0.15, 0.2) is 0 Å². The maximum Gasteiger partial charge on any atom is 0.263 e. The predicted octanol–water partition coefficient (Wildman–Crippen LogP) is 5.01. The molecule has 0 saturated carbocycles. The zero-order valence-electron chi connectivity index (χ0n) is 15.4. The van der Waals surface area contributed by atoms with Crippen molar-refractivity contribution in [3.05, 3.63) is 88.4 Å². The third kappa shape index (κ3) is 4.52. The summed E-state index contributed by atoms with van der Waals surface area (Å²) >= 11 is 6.13. The van der Waals surface area contributed by atoms with Crippen LogP contribution in [0, 0.1) is 13.8 Å². The molecule has 144 valence electrons. The average Bonchev–Trinajstić information content (AvgIpc) is 2.65. The van der Waals surface area contributed by atoms with Crippen molar-refractivity contribution in [2.24, 2.45) is 0 Å². The van der Waals surface area contributed by atoms with Crippen LogP contribution in [-0.4, -0.2) is 14.3 Å². The summed E-state index contributed by atoms with van der Waals surface area (Å²) in [5.41, 5.74) is 3.08. The van der Waals surface area contributed by atoms with Crippen LogP contribution in [0.2, 0.25) is 5.02 Å². The number of nitrogens with one attached hydrogen (secondary N) is 2. The molecule has 0 aliphatic heterocycles. The van der Waals surface area contributed by atoms with Gasteiger partial charge in [-0.15, -0.1) is 0 Å². The van der Waals surface area contributed by atoms with E-state index in [1.165, 1.54) is 18.2 Å². The highest BCUT2D eigenvalue weighted by atomic mass is 35.5. The number of hydrogen-bond donors (Lipinski definition) is 2. The fraction of sp³-hybridized carbons (Fsp3) is 0.0952. The predicted molar refractivity (Wildman–Crippen MR) is 113 cm³/mol. The minimum atomic E-state index is -3.97. The quantitative estimate of drug-likeness (QED) is 0.616. The van der Waals surface area contributed by atoms with E-state index in [9.17, 15) is 13.2 Å². The Morgan fingerprint density at radius 3 is 2.32 bits per heavy atom. The van der Waals surface area contributed by atoms with Crippen molar-refractivity contribution in [1.82, 2.24) is 0 Å². The summed E-state index contributed by atoms with van der Waals surface area (Å²) in [6, 6.07) is 18.5. The highest BCUT2D eigenvalue weighted by molar-refractivity contribution is 7.92. The van der Waals surface area contributed by atoms with E-state index in [1.54, 1.807) is 30.3 Å². The Labute approximate surface area is 169 Å². The zero-order valence-corrected chi connectivity index (χ0v) is 16.9. The van der Waals surface area contributed by atoms with Gasteiger partial charge in [0.2, 0.25) is 0 Å². The summed E-state index contributed by atoms with van der Waals surface area (Å²) in [6.07, 6.45) is 0. The van der Waals surface area contributed by atoms with E-state index >= 15 is 0 Å². The second-order valence-electron chi connectivity index (χ2n) is 6.39. The van der Waals surface area contributed by atoms with Gasteiger partial charge in [0.25, 0.3) is 15.9 Å². The average molecular weight is 415 g/mol. The maximum absolute atomic E-state index is 12.9. The fourth-order valence-electron chi connectivity index (χ4n) is 2.70. The van der Waals surface area contributed by atoms with Gasteiger partial charge in [-0.25, -0.2) is 8.42 Å². The number of sulfonamides is 1. The highest BCUT2D eigenvalue weighted by Crippen LogP contribution is 2.27. The summed E-state index contributed by atoms with van der Waals surface area (Å²) in [5, 5.41) is 2.76. The van der Waals surface area contributed by atoms with Gasteiger partial charge < -0.3 is 5.32 Å².